The van der Waals surface area contributed by atoms with Crippen LogP contribution in [0.4, 0.5) is 0 Å². The summed E-state index contributed by atoms with van der Waals surface area (Å²) in [6.45, 7) is 4.43. The van der Waals surface area contributed by atoms with Gasteiger partial charge in [-0.1, -0.05) is 0 Å². The van der Waals surface area contributed by atoms with Crippen molar-refractivity contribution in [1.29, 1.82) is 0 Å². The summed E-state index contributed by atoms with van der Waals surface area (Å²) in [4.78, 5) is 24.4. The van der Waals surface area contributed by atoms with Gasteiger partial charge in [-0.2, -0.15) is 0 Å². The largest absolute Gasteiger partial charge is 0.491 e. The van der Waals surface area contributed by atoms with Gasteiger partial charge in [-0.3, -0.25) is 13.8 Å². The summed E-state index contributed by atoms with van der Waals surface area (Å²) in [6, 6.07) is 6.57. The number of ether oxygens (including phenoxy) is 3. The van der Waals surface area contributed by atoms with E-state index >= 15 is 0 Å². The van der Waals surface area contributed by atoms with Gasteiger partial charge in [0.15, 0.2) is 0 Å². The maximum atomic E-state index is 13.0. The van der Waals surface area contributed by atoms with Crippen molar-refractivity contribution in [3.8, 4) is 5.75 Å². The van der Waals surface area contributed by atoms with Gasteiger partial charge in [0, 0.05) is 25.8 Å². The van der Waals surface area contributed by atoms with Gasteiger partial charge in [-0.25, -0.2) is 4.57 Å². The fourth-order valence-electron chi connectivity index (χ4n) is 3.29. The van der Waals surface area contributed by atoms with Crippen LogP contribution in [0, 0.1) is 0 Å². The highest BCUT2D eigenvalue weighted by Gasteiger charge is 2.39. The van der Waals surface area contributed by atoms with E-state index in [0.29, 0.717) is 44.2 Å². The highest BCUT2D eigenvalue weighted by molar-refractivity contribution is 7.47. The Morgan fingerprint density at radius 2 is 2.00 bits per heavy atom. The maximum absolute atomic E-state index is 13.0. The van der Waals surface area contributed by atoms with Gasteiger partial charge in [0.1, 0.15) is 12.4 Å². The lowest BCUT2D eigenvalue weighted by atomic mass is 10.1. The summed E-state index contributed by atoms with van der Waals surface area (Å²) < 4.78 is 38.2. The molecule has 2 rings (SSSR count). The van der Waals surface area contributed by atoms with Crippen LogP contribution in [-0.2, 0) is 23.1 Å². The van der Waals surface area contributed by atoms with Crippen LogP contribution < -0.4 is 10.1 Å². The third kappa shape index (κ3) is 8.50. The van der Waals surface area contributed by atoms with E-state index in [9.17, 15) is 14.3 Å². The standard InChI is InChI=1S/C20H33N2O8P/c1-4-29-31(24,25)30-19-13-17(15-26-3)22(14-19)20(23)16-5-7-18(8-6-16)28-12-11-27-10-9-21-2/h5-8,17,19,21H,4,9-15H2,1-3H3,(H,24,25). The molecule has 0 spiro atoms. The monoisotopic (exact) mass is 460 g/mol. The van der Waals surface area contributed by atoms with Crippen LogP contribution in [0.2, 0.25) is 0 Å². The zero-order chi connectivity index (χ0) is 22.7. The Hall–Kier alpha value is -1.52. The van der Waals surface area contributed by atoms with Crippen molar-refractivity contribution in [1.82, 2.24) is 10.2 Å². The summed E-state index contributed by atoms with van der Waals surface area (Å²) in [6.07, 6.45) is -0.233. The van der Waals surface area contributed by atoms with Gasteiger partial charge >= 0.3 is 7.82 Å². The number of carbonyl (C=O) groups is 1. The molecule has 3 atom stereocenters. The van der Waals surface area contributed by atoms with Crippen molar-refractivity contribution in [3.63, 3.8) is 0 Å². The Bertz CT molecular complexity index is 718. The zero-order valence-electron chi connectivity index (χ0n) is 18.3. The van der Waals surface area contributed by atoms with Crippen LogP contribution in [0.15, 0.2) is 24.3 Å². The van der Waals surface area contributed by atoms with E-state index in [2.05, 4.69) is 5.32 Å². The fraction of sp³-hybridized carbons (Fsp3) is 0.650. The minimum atomic E-state index is -4.15. The predicted octanol–water partition coefficient (Wildman–Crippen LogP) is 1.68. The lowest BCUT2D eigenvalue weighted by Crippen LogP contribution is -2.38. The number of nitrogens with one attached hydrogen (secondary N) is 1. The number of phosphoric ester groups is 1. The molecule has 1 fully saturated rings. The number of benzene rings is 1. The average Bonchev–Trinajstić information content (AvgIpc) is 3.12. The highest BCUT2D eigenvalue weighted by atomic mass is 31.2. The van der Waals surface area contributed by atoms with Gasteiger partial charge in [0.25, 0.3) is 5.91 Å². The van der Waals surface area contributed by atoms with E-state index in [1.165, 1.54) is 0 Å². The normalized spacial score (nSPS) is 20.6. The molecule has 2 N–H and O–H groups in total. The summed E-state index contributed by atoms with van der Waals surface area (Å²) in [5, 5.41) is 3.00. The first kappa shape index (κ1) is 25.7. The van der Waals surface area contributed by atoms with Gasteiger partial charge < -0.3 is 29.3 Å². The molecule has 1 aliphatic rings. The molecule has 1 aromatic rings. The van der Waals surface area contributed by atoms with Crippen molar-refractivity contribution in [3.05, 3.63) is 29.8 Å². The second-order valence-corrected chi connectivity index (χ2v) is 8.41. The lowest BCUT2D eigenvalue weighted by Gasteiger charge is -2.24. The molecule has 11 heteroatoms. The molecule has 0 aromatic heterocycles. The van der Waals surface area contributed by atoms with Crippen molar-refractivity contribution >= 4 is 13.7 Å². The summed E-state index contributed by atoms with van der Waals surface area (Å²) in [5.74, 6) is 0.432. The number of methoxy groups -OCH3 is 1. The Morgan fingerprint density at radius 1 is 1.26 bits per heavy atom. The molecule has 176 valence electrons. The van der Waals surface area contributed by atoms with Gasteiger partial charge in [0.2, 0.25) is 0 Å². The molecule has 0 radical (unpaired) electrons. The van der Waals surface area contributed by atoms with Crippen molar-refractivity contribution in [2.45, 2.75) is 25.5 Å². The average molecular weight is 460 g/mol. The summed E-state index contributed by atoms with van der Waals surface area (Å²) in [5.41, 5.74) is 0.483. The molecule has 0 aliphatic carbocycles. The third-order valence-corrected chi connectivity index (χ3v) is 5.81. The van der Waals surface area contributed by atoms with Crippen LogP contribution >= 0.6 is 7.82 Å². The minimum Gasteiger partial charge on any atom is -0.491 e. The van der Waals surface area contributed by atoms with E-state index in [4.69, 9.17) is 23.3 Å². The van der Waals surface area contributed by atoms with E-state index in [0.717, 1.165) is 6.54 Å². The van der Waals surface area contributed by atoms with Gasteiger partial charge in [-0.15, -0.1) is 0 Å². The molecule has 3 unspecified atom stereocenters. The van der Waals surface area contributed by atoms with Crippen LogP contribution in [-0.4, -0.2) is 88.1 Å². The van der Waals surface area contributed by atoms with Crippen LogP contribution in [0.25, 0.3) is 0 Å². The zero-order valence-corrected chi connectivity index (χ0v) is 19.2. The molecule has 10 nitrogen and oxygen atoms in total. The van der Waals surface area contributed by atoms with Crippen molar-refractivity contribution < 1.29 is 37.5 Å². The van der Waals surface area contributed by atoms with E-state index < -0.39 is 13.9 Å². The number of hydrogen-bond donors (Lipinski definition) is 2. The molecule has 1 aromatic carbocycles. The second-order valence-electron chi connectivity index (χ2n) is 7.00. The SMILES string of the molecule is CCOP(=O)(O)OC1CC(COC)N(C(=O)c2ccc(OCCOCCNC)cc2)C1. The van der Waals surface area contributed by atoms with Crippen LogP contribution in [0.5, 0.6) is 5.75 Å². The molecule has 1 heterocycles. The number of rotatable bonds is 14. The Labute approximate surface area is 183 Å². The van der Waals surface area contributed by atoms with Gasteiger partial charge in [-0.05, 0) is 44.7 Å². The number of hydrogen-bond acceptors (Lipinski definition) is 8. The lowest BCUT2D eigenvalue weighted by molar-refractivity contribution is 0.0616. The maximum Gasteiger partial charge on any atom is 0.472 e. The van der Waals surface area contributed by atoms with E-state index in [1.54, 1.807) is 43.2 Å². The Balaban J connectivity index is 1.92. The molecule has 1 saturated heterocycles. The first-order valence-corrected chi connectivity index (χ1v) is 11.8. The molecular formula is C20H33N2O8P. The van der Waals surface area contributed by atoms with Crippen LogP contribution in [0.3, 0.4) is 0 Å². The highest BCUT2D eigenvalue weighted by Crippen LogP contribution is 2.46. The topological polar surface area (TPSA) is 116 Å². The third-order valence-electron chi connectivity index (χ3n) is 4.66. The number of likely N-dealkylation sites (tertiary alicyclic amines) is 1. The first-order chi connectivity index (χ1) is 14.9. The van der Waals surface area contributed by atoms with Crippen LogP contribution in [0.1, 0.15) is 23.7 Å². The smallest absolute Gasteiger partial charge is 0.472 e. The molecule has 0 bridgehead atoms. The molecular weight excluding hydrogens is 427 g/mol. The van der Waals surface area contributed by atoms with Crippen molar-refractivity contribution in [2.24, 2.45) is 0 Å². The quantitative estimate of drug-likeness (QED) is 0.316. The van der Waals surface area contributed by atoms with Gasteiger partial charge in [0.05, 0.1) is 38.6 Å². The van der Waals surface area contributed by atoms with E-state index in [-0.39, 0.29) is 25.1 Å². The number of phosphoric acid groups is 1. The van der Waals surface area contributed by atoms with E-state index in [1.807, 2.05) is 7.05 Å². The second kappa shape index (κ2) is 13.1. The predicted molar refractivity (Wildman–Crippen MR) is 114 cm³/mol. The van der Waals surface area contributed by atoms with Crippen molar-refractivity contribution in [2.75, 3.05) is 60.3 Å². The fourth-order valence-corrected chi connectivity index (χ4v) is 4.20. The number of nitrogens with zero attached hydrogens (tertiary/aromatic N) is 1. The number of amides is 1. The summed E-state index contributed by atoms with van der Waals surface area (Å²) in [7, 11) is -0.745. The minimum absolute atomic E-state index is 0.0567. The Kier molecular flexibility index (Phi) is 10.9. The number of likely N-dealkylation sites (N-methyl/N-ethyl adjacent to an activating group) is 1. The number of carbonyl (C=O) groups excluding carboxylic acids is 1. The molecule has 1 amide bonds. The molecule has 31 heavy (non-hydrogen) atoms. The Morgan fingerprint density at radius 3 is 2.65 bits per heavy atom. The summed E-state index contributed by atoms with van der Waals surface area (Å²) >= 11 is 0. The molecule has 0 saturated carbocycles. The molecule has 1 aliphatic heterocycles. The first-order valence-electron chi connectivity index (χ1n) is 10.3.